The smallest absolute Gasteiger partial charge is 0.261 e. The molecule has 1 N–H and O–H groups in total. The summed E-state index contributed by atoms with van der Waals surface area (Å²) in [4.78, 5) is 28.0. The third-order valence-electron chi connectivity index (χ3n) is 3.16. The van der Waals surface area contributed by atoms with Crippen LogP contribution in [0.5, 0.6) is 0 Å². The van der Waals surface area contributed by atoms with E-state index in [1.165, 1.54) is 6.33 Å². The van der Waals surface area contributed by atoms with E-state index in [9.17, 15) is 9.59 Å². The summed E-state index contributed by atoms with van der Waals surface area (Å²) in [6.45, 7) is 1.49. The maximum absolute atomic E-state index is 12.2. The van der Waals surface area contributed by atoms with E-state index >= 15 is 0 Å². The fraction of sp³-hybridized carbons (Fsp3) is 0.400. The van der Waals surface area contributed by atoms with Gasteiger partial charge in [0, 0.05) is 26.6 Å². The summed E-state index contributed by atoms with van der Waals surface area (Å²) in [7, 11) is 1.59. The van der Waals surface area contributed by atoms with Gasteiger partial charge in [-0.05, 0) is 18.6 Å². The van der Waals surface area contributed by atoms with Crippen molar-refractivity contribution in [2.45, 2.75) is 19.4 Å². The van der Waals surface area contributed by atoms with Gasteiger partial charge in [0.1, 0.15) is 0 Å². The molecule has 21 heavy (non-hydrogen) atoms. The summed E-state index contributed by atoms with van der Waals surface area (Å²) in [5.41, 5.74) is 0.622. The maximum Gasteiger partial charge on any atom is 0.261 e. The molecular weight excluding hydrogens is 270 g/mol. The molecule has 0 aliphatic carbocycles. The van der Waals surface area contributed by atoms with E-state index in [2.05, 4.69) is 10.3 Å². The maximum atomic E-state index is 12.2. The van der Waals surface area contributed by atoms with Gasteiger partial charge in [-0.15, -0.1) is 0 Å². The van der Waals surface area contributed by atoms with Gasteiger partial charge in [0.2, 0.25) is 5.91 Å². The van der Waals surface area contributed by atoms with Crippen LogP contribution in [0.2, 0.25) is 0 Å². The first-order valence-corrected chi connectivity index (χ1v) is 6.92. The van der Waals surface area contributed by atoms with Crippen LogP contribution in [0, 0.1) is 0 Å². The number of aromatic nitrogens is 2. The Bertz CT molecular complexity index is 667. The van der Waals surface area contributed by atoms with Gasteiger partial charge >= 0.3 is 0 Å². The van der Waals surface area contributed by atoms with E-state index < -0.39 is 0 Å². The monoisotopic (exact) mass is 289 g/mol. The molecule has 2 aromatic rings. The molecule has 1 heterocycles. The van der Waals surface area contributed by atoms with Crippen molar-refractivity contribution in [3.05, 3.63) is 40.9 Å². The van der Waals surface area contributed by atoms with E-state index in [4.69, 9.17) is 4.74 Å². The van der Waals surface area contributed by atoms with Crippen LogP contribution in [0.1, 0.15) is 12.8 Å². The van der Waals surface area contributed by atoms with Crippen molar-refractivity contribution in [2.24, 2.45) is 0 Å². The zero-order valence-electron chi connectivity index (χ0n) is 12.0. The number of benzene rings is 1. The summed E-state index contributed by atoms with van der Waals surface area (Å²) < 4.78 is 6.40. The molecule has 2 rings (SSSR count). The summed E-state index contributed by atoms with van der Waals surface area (Å²) >= 11 is 0. The second-order valence-corrected chi connectivity index (χ2v) is 4.71. The molecular formula is C15H19N3O3. The average molecular weight is 289 g/mol. The topological polar surface area (TPSA) is 73.2 Å². The molecule has 112 valence electrons. The number of amides is 1. The first kappa shape index (κ1) is 15.2. The number of rotatable bonds is 7. The Morgan fingerprint density at radius 1 is 1.38 bits per heavy atom. The highest BCUT2D eigenvalue weighted by atomic mass is 16.5. The van der Waals surface area contributed by atoms with Crippen LogP contribution in [0.4, 0.5) is 0 Å². The minimum atomic E-state index is -0.0691. The second-order valence-electron chi connectivity index (χ2n) is 4.71. The number of nitrogens with one attached hydrogen (secondary N) is 1. The van der Waals surface area contributed by atoms with Crippen LogP contribution in [-0.4, -0.2) is 35.7 Å². The van der Waals surface area contributed by atoms with Gasteiger partial charge in [0.05, 0.1) is 23.8 Å². The van der Waals surface area contributed by atoms with E-state index in [1.54, 1.807) is 17.7 Å². The first-order valence-electron chi connectivity index (χ1n) is 6.92. The zero-order valence-corrected chi connectivity index (χ0v) is 12.0. The van der Waals surface area contributed by atoms with E-state index in [0.29, 0.717) is 43.4 Å². The van der Waals surface area contributed by atoms with Gasteiger partial charge in [-0.25, -0.2) is 4.98 Å². The Kier molecular flexibility index (Phi) is 5.45. The molecule has 1 aromatic heterocycles. The fourth-order valence-corrected chi connectivity index (χ4v) is 2.06. The average Bonchev–Trinajstić information content (AvgIpc) is 2.50. The minimum Gasteiger partial charge on any atom is -0.383 e. The van der Waals surface area contributed by atoms with Crippen LogP contribution in [0.3, 0.4) is 0 Å². The van der Waals surface area contributed by atoms with E-state index in [-0.39, 0.29) is 11.5 Å². The lowest BCUT2D eigenvalue weighted by Gasteiger charge is -2.07. The van der Waals surface area contributed by atoms with E-state index in [0.717, 1.165) is 0 Å². The summed E-state index contributed by atoms with van der Waals surface area (Å²) in [5.74, 6) is -0.0335. The standard InChI is InChI=1S/C15H19N3O3/c1-21-10-8-16-14(19)7-4-9-18-11-17-13-6-3-2-5-12(13)15(18)20/h2-3,5-6,11H,4,7-10H2,1H3,(H,16,19). The molecule has 0 saturated carbocycles. The van der Waals surface area contributed by atoms with Crippen LogP contribution < -0.4 is 10.9 Å². The normalized spacial score (nSPS) is 10.7. The van der Waals surface area contributed by atoms with Crippen molar-refractivity contribution in [1.29, 1.82) is 0 Å². The molecule has 0 unspecified atom stereocenters. The lowest BCUT2D eigenvalue weighted by atomic mass is 10.2. The van der Waals surface area contributed by atoms with Crippen LogP contribution in [0.25, 0.3) is 10.9 Å². The number of aryl methyl sites for hydroxylation is 1. The number of carbonyl (C=O) groups is 1. The molecule has 1 amide bonds. The molecule has 6 nitrogen and oxygen atoms in total. The number of hydrogen-bond acceptors (Lipinski definition) is 4. The highest BCUT2D eigenvalue weighted by Gasteiger charge is 2.05. The first-order chi connectivity index (χ1) is 10.2. The Morgan fingerprint density at radius 3 is 3.00 bits per heavy atom. The third-order valence-corrected chi connectivity index (χ3v) is 3.16. The number of ether oxygens (including phenoxy) is 1. The number of nitrogens with zero attached hydrogens (tertiary/aromatic N) is 2. The number of fused-ring (bicyclic) bond motifs is 1. The van der Waals surface area contributed by atoms with Gasteiger partial charge < -0.3 is 10.1 Å². The predicted molar refractivity (Wildman–Crippen MR) is 80.1 cm³/mol. The van der Waals surface area contributed by atoms with Crippen LogP contribution >= 0.6 is 0 Å². The number of hydrogen-bond donors (Lipinski definition) is 1. The van der Waals surface area contributed by atoms with Gasteiger partial charge in [0.15, 0.2) is 0 Å². The number of carbonyl (C=O) groups excluding carboxylic acids is 1. The van der Waals surface area contributed by atoms with Gasteiger partial charge in [-0.1, -0.05) is 12.1 Å². The quantitative estimate of drug-likeness (QED) is 0.770. The molecule has 0 spiro atoms. The van der Waals surface area contributed by atoms with Crippen molar-refractivity contribution >= 4 is 16.8 Å². The van der Waals surface area contributed by atoms with Crippen LogP contribution in [-0.2, 0) is 16.1 Å². The molecule has 0 bridgehead atoms. The lowest BCUT2D eigenvalue weighted by molar-refractivity contribution is -0.121. The van der Waals surface area contributed by atoms with Crippen molar-refractivity contribution < 1.29 is 9.53 Å². The Balaban J connectivity index is 1.91. The van der Waals surface area contributed by atoms with E-state index in [1.807, 2.05) is 18.2 Å². The Hall–Kier alpha value is -2.21. The molecule has 0 saturated heterocycles. The number of methoxy groups -OCH3 is 1. The lowest BCUT2D eigenvalue weighted by Crippen LogP contribution is -2.27. The minimum absolute atomic E-state index is 0.0335. The Labute approximate surface area is 122 Å². The molecule has 6 heteroatoms. The third kappa shape index (κ3) is 4.13. The zero-order chi connectivity index (χ0) is 15.1. The molecule has 0 atom stereocenters. The van der Waals surface area contributed by atoms with Gasteiger partial charge in [-0.3, -0.25) is 14.2 Å². The SMILES string of the molecule is COCCNC(=O)CCCn1cnc2ccccc2c1=O. The number of para-hydroxylation sites is 1. The highest BCUT2D eigenvalue weighted by Crippen LogP contribution is 2.05. The predicted octanol–water partition coefficient (Wildman–Crippen LogP) is 0.939. The second kappa shape index (κ2) is 7.54. The van der Waals surface area contributed by atoms with Crippen LogP contribution in [0.15, 0.2) is 35.4 Å². The summed E-state index contributed by atoms with van der Waals surface area (Å²) in [6.07, 6.45) is 2.51. The van der Waals surface area contributed by atoms with Crippen molar-refractivity contribution in [3.8, 4) is 0 Å². The molecule has 1 aromatic carbocycles. The van der Waals surface area contributed by atoms with Gasteiger partial charge in [-0.2, -0.15) is 0 Å². The summed E-state index contributed by atoms with van der Waals surface area (Å²) in [5, 5.41) is 3.35. The van der Waals surface area contributed by atoms with Crippen molar-refractivity contribution in [2.75, 3.05) is 20.3 Å². The summed E-state index contributed by atoms with van der Waals surface area (Å²) in [6, 6.07) is 7.24. The molecule has 0 fully saturated rings. The highest BCUT2D eigenvalue weighted by molar-refractivity contribution is 5.77. The van der Waals surface area contributed by atoms with Crippen molar-refractivity contribution in [1.82, 2.24) is 14.9 Å². The molecule has 0 radical (unpaired) electrons. The van der Waals surface area contributed by atoms with Crippen molar-refractivity contribution in [3.63, 3.8) is 0 Å². The fourth-order valence-electron chi connectivity index (χ4n) is 2.06. The largest absolute Gasteiger partial charge is 0.383 e. The van der Waals surface area contributed by atoms with Gasteiger partial charge in [0.25, 0.3) is 5.56 Å². The Morgan fingerprint density at radius 2 is 2.19 bits per heavy atom. The molecule has 0 aliphatic rings. The molecule has 0 aliphatic heterocycles.